The molecule has 1 rings (SSSR count). The van der Waals surface area contributed by atoms with Crippen LogP contribution in [0.3, 0.4) is 0 Å². The van der Waals surface area contributed by atoms with Crippen molar-refractivity contribution in [3.63, 3.8) is 0 Å². The van der Waals surface area contributed by atoms with Gasteiger partial charge in [0.15, 0.2) is 0 Å². The van der Waals surface area contributed by atoms with Crippen LogP contribution >= 0.6 is 0 Å². The summed E-state index contributed by atoms with van der Waals surface area (Å²) in [6.45, 7) is 1.74. The predicted octanol–water partition coefficient (Wildman–Crippen LogP) is 1.20. The van der Waals surface area contributed by atoms with Gasteiger partial charge in [0, 0.05) is 4.92 Å². The number of aliphatic hydroxyl groups is 1. The van der Waals surface area contributed by atoms with Gasteiger partial charge in [-0.2, -0.15) is 0 Å². The molecule has 0 spiro atoms. The van der Waals surface area contributed by atoms with Crippen molar-refractivity contribution < 1.29 is 10.0 Å². The Bertz CT molecular complexity index is 183. The standard InChI is InChI=1S/C8H15NO3/c1-7-3-2-4-8(10,5-7)6-9(11)12/h7,10H,2-6H2,1H3/t7-,8+/m1/s1. The van der Waals surface area contributed by atoms with E-state index < -0.39 is 10.5 Å². The van der Waals surface area contributed by atoms with E-state index in [9.17, 15) is 15.2 Å². The first-order valence-electron chi connectivity index (χ1n) is 4.36. The van der Waals surface area contributed by atoms with E-state index >= 15 is 0 Å². The summed E-state index contributed by atoms with van der Waals surface area (Å²) >= 11 is 0. The molecule has 0 radical (unpaired) electrons. The van der Waals surface area contributed by atoms with Crippen molar-refractivity contribution in [3.05, 3.63) is 10.1 Å². The maximum atomic E-state index is 10.2. The van der Waals surface area contributed by atoms with Crippen molar-refractivity contribution in [2.24, 2.45) is 5.92 Å². The van der Waals surface area contributed by atoms with Crippen molar-refractivity contribution >= 4 is 0 Å². The SMILES string of the molecule is C[C@@H]1CCC[C@@](O)(C[N+](=O)[O-])C1. The van der Waals surface area contributed by atoms with E-state index in [0.29, 0.717) is 18.8 Å². The molecule has 0 bridgehead atoms. The van der Waals surface area contributed by atoms with Crippen molar-refractivity contribution in [2.75, 3.05) is 6.54 Å². The van der Waals surface area contributed by atoms with E-state index in [0.717, 1.165) is 12.8 Å². The highest BCUT2D eigenvalue weighted by Gasteiger charge is 2.37. The Morgan fingerprint density at radius 1 is 1.75 bits per heavy atom. The molecule has 1 saturated carbocycles. The minimum Gasteiger partial charge on any atom is -0.383 e. The molecule has 1 aliphatic carbocycles. The van der Waals surface area contributed by atoms with Crippen LogP contribution in [-0.2, 0) is 0 Å². The summed E-state index contributed by atoms with van der Waals surface area (Å²) in [6, 6.07) is 0. The lowest BCUT2D eigenvalue weighted by molar-refractivity contribution is -0.502. The lowest BCUT2D eigenvalue weighted by Gasteiger charge is -2.31. The third-order valence-corrected chi connectivity index (χ3v) is 2.49. The summed E-state index contributed by atoms with van der Waals surface area (Å²) in [5, 5.41) is 20.0. The van der Waals surface area contributed by atoms with Crippen LogP contribution in [0.5, 0.6) is 0 Å². The van der Waals surface area contributed by atoms with E-state index in [1.807, 2.05) is 6.92 Å². The molecule has 0 amide bonds. The highest BCUT2D eigenvalue weighted by molar-refractivity contribution is 4.84. The van der Waals surface area contributed by atoms with Gasteiger partial charge >= 0.3 is 0 Å². The minimum absolute atomic E-state index is 0.294. The van der Waals surface area contributed by atoms with Gasteiger partial charge in [-0.05, 0) is 18.8 Å². The molecule has 0 aromatic carbocycles. The fourth-order valence-electron chi connectivity index (χ4n) is 2.02. The Balaban J connectivity index is 2.51. The van der Waals surface area contributed by atoms with Crippen LogP contribution < -0.4 is 0 Å². The Kier molecular flexibility index (Phi) is 2.67. The Morgan fingerprint density at radius 2 is 2.42 bits per heavy atom. The molecule has 0 heterocycles. The number of hydrogen-bond donors (Lipinski definition) is 1. The molecule has 0 saturated heterocycles. The van der Waals surface area contributed by atoms with Crippen LogP contribution in [0.15, 0.2) is 0 Å². The van der Waals surface area contributed by atoms with Gasteiger partial charge in [0.25, 0.3) is 0 Å². The predicted molar refractivity (Wildman–Crippen MR) is 44.4 cm³/mol. The van der Waals surface area contributed by atoms with Gasteiger partial charge < -0.3 is 5.11 Å². The second-order valence-electron chi connectivity index (χ2n) is 3.92. The summed E-state index contributed by atoms with van der Waals surface area (Å²) in [5.41, 5.74) is -1.03. The van der Waals surface area contributed by atoms with Crippen molar-refractivity contribution in [1.29, 1.82) is 0 Å². The van der Waals surface area contributed by atoms with Crippen LogP contribution in [-0.4, -0.2) is 22.2 Å². The molecule has 4 nitrogen and oxygen atoms in total. The van der Waals surface area contributed by atoms with E-state index in [-0.39, 0.29) is 6.54 Å². The van der Waals surface area contributed by atoms with Crippen molar-refractivity contribution in [2.45, 2.75) is 38.2 Å². The first-order chi connectivity index (χ1) is 5.52. The molecular formula is C8H15NO3. The maximum Gasteiger partial charge on any atom is 0.232 e. The lowest BCUT2D eigenvalue weighted by atomic mass is 9.79. The van der Waals surface area contributed by atoms with Gasteiger partial charge in [0.1, 0.15) is 5.60 Å². The summed E-state index contributed by atoms with van der Waals surface area (Å²) in [4.78, 5) is 9.81. The van der Waals surface area contributed by atoms with E-state index in [4.69, 9.17) is 0 Å². The molecule has 1 N–H and O–H groups in total. The maximum absolute atomic E-state index is 10.2. The summed E-state index contributed by atoms with van der Waals surface area (Å²) in [6.07, 6.45) is 3.15. The Morgan fingerprint density at radius 3 is 2.92 bits per heavy atom. The molecule has 70 valence electrons. The molecule has 0 unspecified atom stereocenters. The number of nitro groups is 1. The third kappa shape index (κ3) is 2.44. The first-order valence-corrected chi connectivity index (χ1v) is 4.36. The van der Waals surface area contributed by atoms with E-state index in [1.54, 1.807) is 0 Å². The van der Waals surface area contributed by atoms with Crippen LogP contribution in [0, 0.1) is 16.0 Å². The summed E-state index contributed by atoms with van der Waals surface area (Å²) < 4.78 is 0. The van der Waals surface area contributed by atoms with Gasteiger partial charge in [-0.15, -0.1) is 0 Å². The average Bonchev–Trinajstić information content (AvgIpc) is 1.82. The monoisotopic (exact) mass is 173 g/mol. The van der Waals surface area contributed by atoms with Gasteiger partial charge in [-0.3, -0.25) is 10.1 Å². The fraction of sp³-hybridized carbons (Fsp3) is 1.00. The number of rotatable bonds is 2. The van der Waals surface area contributed by atoms with Gasteiger partial charge in [0.2, 0.25) is 6.54 Å². The summed E-state index contributed by atoms with van der Waals surface area (Å²) in [5.74, 6) is 0.420. The highest BCUT2D eigenvalue weighted by atomic mass is 16.6. The summed E-state index contributed by atoms with van der Waals surface area (Å²) in [7, 11) is 0. The first kappa shape index (κ1) is 9.45. The average molecular weight is 173 g/mol. The lowest BCUT2D eigenvalue weighted by Crippen LogP contribution is -2.41. The van der Waals surface area contributed by atoms with Crippen LogP contribution in [0.4, 0.5) is 0 Å². The molecule has 0 aromatic heterocycles. The third-order valence-electron chi connectivity index (χ3n) is 2.49. The normalized spacial score (nSPS) is 36.3. The van der Waals surface area contributed by atoms with Gasteiger partial charge in [0.05, 0.1) is 0 Å². The van der Waals surface area contributed by atoms with Gasteiger partial charge in [-0.25, -0.2) is 0 Å². The molecule has 2 atom stereocenters. The van der Waals surface area contributed by atoms with Gasteiger partial charge in [-0.1, -0.05) is 19.8 Å². The van der Waals surface area contributed by atoms with Crippen LogP contribution in [0.25, 0.3) is 0 Å². The zero-order valence-electron chi connectivity index (χ0n) is 7.32. The van der Waals surface area contributed by atoms with E-state index in [2.05, 4.69) is 0 Å². The Hall–Kier alpha value is -0.640. The minimum atomic E-state index is -1.03. The molecular weight excluding hydrogens is 158 g/mol. The van der Waals surface area contributed by atoms with E-state index in [1.165, 1.54) is 0 Å². The molecule has 1 aliphatic rings. The van der Waals surface area contributed by atoms with Crippen LogP contribution in [0.1, 0.15) is 32.6 Å². The smallest absolute Gasteiger partial charge is 0.232 e. The second-order valence-corrected chi connectivity index (χ2v) is 3.92. The largest absolute Gasteiger partial charge is 0.383 e. The number of nitrogens with zero attached hydrogens (tertiary/aromatic N) is 1. The number of hydrogen-bond acceptors (Lipinski definition) is 3. The molecule has 0 aliphatic heterocycles. The molecule has 4 heteroatoms. The zero-order valence-corrected chi connectivity index (χ0v) is 7.32. The second kappa shape index (κ2) is 3.39. The highest BCUT2D eigenvalue weighted by Crippen LogP contribution is 2.31. The van der Waals surface area contributed by atoms with Crippen molar-refractivity contribution in [1.82, 2.24) is 0 Å². The fourth-order valence-corrected chi connectivity index (χ4v) is 2.02. The molecule has 1 fully saturated rings. The molecule has 0 aromatic rings. The zero-order chi connectivity index (χ0) is 9.19. The topological polar surface area (TPSA) is 63.4 Å². The Labute approximate surface area is 71.7 Å². The van der Waals surface area contributed by atoms with Crippen molar-refractivity contribution in [3.8, 4) is 0 Å². The quantitative estimate of drug-likeness (QED) is 0.504. The van der Waals surface area contributed by atoms with Crippen LogP contribution in [0.2, 0.25) is 0 Å². The molecule has 12 heavy (non-hydrogen) atoms.